The van der Waals surface area contributed by atoms with Gasteiger partial charge >= 0.3 is 12.0 Å². The van der Waals surface area contributed by atoms with Crippen LogP contribution in [0, 0.1) is 5.82 Å². The van der Waals surface area contributed by atoms with Gasteiger partial charge in [0.2, 0.25) is 0 Å². The van der Waals surface area contributed by atoms with E-state index in [1.54, 1.807) is 18.2 Å². The lowest BCUT2D eigenvalue weighted by Crippen LogP contribution is -2.43. The fraction of sp³-hybridized carbons (Fsp3) is 0.300. The third-order valence-electron chi connectivity index (χ3n) is 4.78. The standard InChI is InChI=1S/C20H22FN3O3/c1-2-18(19(25)26)24-11-10-14-13(12-24)6-5-9-16(14)22-20(27)23-17-8-4-3-7-15(17)21/h3-9,18H,2,10-12H2,1H3,(H,25,26)(H2,22,23,27). The summed E-state index contributed by atoms with van der Waals surface area (Å²) in [4.78, 5) is 25.6. The minimum absolute atomic E-state index is 0.109. The first-order valence-electron chi connectivity index (χ1n) is 8.89. The topological polar surface area (TPSA) is 81.7 Å². The summed E-state index contributed by atoms with van der Waals surface area (Å²) in [6.07, 6.45) is 1.17. The molecule has 0 saturated carbocycles. The summed E-state index contributed by atoms with van der Waals surface area (Å²) in [5, 5.41) is 14.7. The zero-order chi connectivity index (χ0) is 19.4. The van der Waals surface area contributed by atoms with E-state index in [0.717, 1.165) is 11.1 Å². The van der Waals surface area contributed by atoms with Crippen molar-refractivity contribution in [3.8, 4) is 0 Å². The van der Waals surface area contributed by atoms with E-state index >= 15 is 0 Å². The number of carbonyl (C=O) groups is 2. The van der Waals surface area contributed by atoms with Crippen molar-refractivity contribution in [3.05, 3.63) is 59.4 Å². The van der Waals surface area contributed by atoms with E-state index < -0.39 is 23.9 Å². The first kappa shape index (κ1) is 18.8. The van der Waals surface area contributed by atoms with E-state index in [4.69, 9.17) is 0 Å². The maximum atomic E-state index is 13.7. The maximum absolute atomic E-state index is 13.7. The van der Waals surface area contributed by atoms with Gasteiger partial charge < -0.3 is 15.7 Å². The second-order valence-electron chi connectivity index (χ2n) is 6.48. The molecule has 2 amide bonds. The summed E-state index contributed by atoms with van der Waals surface area (Å²) >= 11 is 0. The van der Waals surface area contributed by atoms with Crippen LogP contribution in [0.1, 0.15) is 24.5 Å². The van der Waals surface area contributed by atoms with Crippen molar-refractivity contribution >= 4 is 23.4 Å². The molecule has 27 heavy (non-hydrogen) atoms. The van der Waals surface area contributed by atoms with Crippen LogP contribution in [0.2, 0.25) is 0 Å². The second-order valence-corrected chi connectivity index (χ2v) is 6.48. The number of hydrogen-bond donors (Lipinski definition) is 3. The van der Waals surface area contributed by atoms with E-state index in [1.165, 1.54) is 12.1 Å². The molecule has 2 aromatic carbocycles. The molecule has 3 N–H and O–H groups in total. The average molecular weight is 371 g/mol. The van der Waals surface area contributed by atoms with E-state index in [2.05, 4.69) is 10.6 Å². The molecule has 1 atom stereocenters. The predicted molar refractivity (Wildman–Crippen MR) is 101 cm³/mol. The van der Waals surface area contributed by atoms with Crippen LogP contribution in [0.5, 0.6) is 0 Å². The highest BCUT2D eigenvalue weighted by Gasteiger charge is 2.28. The average Bonchev–Trinajstić information content (AvgIpc) is 2.64. The van der Waals surface area contributed by atoms with Gasteiger partial charge in [0, 0.05) is 18.8 Å². The molecule has 0 aliphatic carbocycles. The number of para-hydroxylation sites is 1. The van der Waals surface area contributed by atoms with Gasteiger partial charge in [0.15, 0.2) is 0 Å². The number of halogens is 1. The quantitative estimate of drug-likeness (QED) is 0.749. The van der Waals surface area contributed by atoms with Gasteiger partial charge in [0.05, 0.1) is 5.69 Å². The first-order valence-corrected chi connectivity index (χ1v) is 8.89. The van der Waals surface area contributed by atoms with E-state index in [1.807, 2.05) is 24.0 Å². The smallest absolute Gasteiger partial charge is 0.323 e. The highest BCUT2D eigenvalue weighted by Crippen LogP contribution is 2.28. The van der Waals surface area contributed by atoms with Crippen molar-refractivity contribution in [2.24, 2.45) is 0 Å². The SMILES string of the molecule is CCC(C(=O)O)N1CCc2c(cccc2NC(=O)Nc2ccccc2F)C1. The Labute approximate surface area is 157 Å². The van der Waals surface area contributed by atoms with Crippen molar-refractivity contribution in [2.75, 3.05) is 17.2 Å². The molecule has 3 rings (SSSR count). The summed E-state index contributed by atoms with van der Waals surface area (Å²) in [6, 6.07) is 10.5. The number of carboxylic acids is 1. The Morgan fingerprint density at radius 3 is 2.56 bits per heavy atom. The molecular weight excluding hydrogens is 349 g/mol. The monoisotopic (exact) mass is 371 g/mol. The zero-order valence-electron chi connectivity index (χ0n) is 15.0. The maximum Gasteiger partial charge on any atom is 0.323 e. The van der Waals surface area contributed by atoms with Crippen LogP contribution in [0.4, 0.5) is 20.6 Å². The fourth-order valence-electron chi connectivity index (χ4n) is 3.44. The molecule has 0 bridgehead atoms. The number of amides is 2. The summed E-state index contributed by atoms with van der Waals surface area (Å²) in [5.74, 6) is -1.32. The summed E-state index contributed by atoms with van der Waals surface area (Å²) < 4.78 is 13.7. The first-order chi connectivity index (χ1) is 13.0. The third-order valence-corrected chi connectivity index (χ3v) is 4.78. The summed E-state index contributed by atoms with van der Waals surface area (Å²) in [7, 11) is 0. The highest BCUT2D eigenvalue weighted by molar-refractivity contribution is 6.00. The zero-order valence-corrected chi connectivity index (χ0v) is 15.0. The number of carbonyl (C=O) groups excluding carboxylic acids is 1. The van der Waals surface area contributed by atoms with Crippen molar-refractivity contribution in [3.63, 3.8) is 0 Å². The molecule has 7 heteroatoms. The number of anilines is 2. The number of fused-ring (bicyclic) bond motifs is 1. The van der Waals surface area contributed by atoms with Gasteiger partial charge in [-0.2, -0.15) is 0 Å². The van der Waals surface area contributed by atoms with Crippen molar-refractivity contribution in [1.82, 2.24) is 4.90 Å². The normalized spacial score (nSPS) is 14.9. The van der Waals surface area contributed by atoms with Crippen LogP contribution in [-0.4, -0.2) is 34.6 Å². The molecule has 142 valence electrons. The van der Waals surface area contributed by atoms with E-state index in [9.17, 15) is 19.1 Å². The Bertz CT molecular complexity index is 856. The van der Waals surface area contributed by atoms with Gasteiger partial charge in [-0.15, -0.1) is 0 Å². The minimum Gasteiger partial charge on any atom is -0.480 e. The van der Waals surface area contributed by atoms with Crippen LogP contribution in [0.3, 0.4) is 0 Å². The molecule has 0 fully saturated rings. The number of carboxylic acid groups (broad SMARTS) is 1. The molecule has 1 heterocycles. The molecular formula is C20H22FN3O3. The van der Waals surface area contributed by atoms with Gasteiger partial charge in [0.1, 0.15) is 11.9 Å². The van der Waals surface area contributed by atoms with E-state index in [-0.39, 0.29) is 5.69 Å². The number of rotatable bonds is 5. The van der Waals surface area contributed by atoms with Gasteiger partial charge in [-0.3, -0.25) is 9.69 Å². The number of benzene rings is 2. The number of nitrogens with one attached hydrogen (secondary N) is 2. The molecule has 0 radical (unpaired) electrons. The number of hydrogen-bond acceptors (Lipinski definition) is 3. The third kappa shape index (κ3) is 4.25. The largest absolute Gasteiger partial charge is 0.480 e. The lowest BCUT2D eigenvalue weighted by molar-refractivity contribution is -0.143. The Balaban J connectivity index is 1.73. The minimum atomic E-state index is -0.820. The van der Waals surface area contributed by atoms with Gasteiger partial charge in [-0.25, -0.2) is 9.18 Å². The molecule has 0 aromatic heterocycles. The Morgan fingerprint density at radius 2 is 1.85 bits per heavy atom. The number of nitrogens with zero attached hydrogens (tertiary/aromatic N) is 1. The molecule has 2 aromatic rings. The Hall–Kier alpha value is -2.93. The van der Waals surface area contributed by atoms with Crippen molar-refractivity contribution in [1.29, 1.82) is 0 Å². The van der Waals surface area contributed by atoms with Gasteiger partial charge in [0.25, 0.3) is 0 Å². The molecule has 1 aliphatic rings. The van der Waals surface area contributed by atoms with Crippen LogP contribution in [0.15, 0.2) is 42.5 Å². The predicted octanol–water partition coefficient (Wildman–Crippen LogP) is 3.69. The Kier molecular flexibility index (Phi) is 5.71. The molecule has 0 saturated heterocycles. The summed E-state index contributed by atoms with van der Waals surface area (Å²) in [6.45, 7) is 2.98. The van der Waals surface area contributed by atoms with Gasteiger partial charge in [-0.1, -0.05) is 31.2 Å². The Morgan fingerprint density at radius 1 is 1.15 bits per heavy atom. The summed E-state index contributed by atoms with van der Waals surface area (Å²) in [5.41, 5.74) is 2.74. The van der Waals surface area contributed by atoms with Crippen LogP contribution < -0.4 is 10.6 Å². The highest BCUT2D eigenvalue weighted by atomic mass is 19.1. The number of urea groups is 1. The van der Waals surface area contributed by atoms with Gasteiger partial charge in [-0.05, 0) is 42.2 Å². The molecule has 1 aliphatic heterocycles. The second kappa shape index (κ2) is 8.18. The molecule has 0 spiro atoms. The van der Waals surface area contributed by atoms with E-state index in [0.29, 0.717) is 31.6 Å². The molecule has 1 unspecified atom stereocenters. The van der Waals surface area contributed by atoms with Crippen LogP contribution in [-0.2, 0) is 17.8 Å². The fourth-order valence-corrected chi connectivity index (χ4v) is 3.44. The lowest BCUT2D eigenvalue weighted by atomic mass is 9.96. The lowest BCUT2D eigenvalue weighted by Gasteiger charge is -2.33. The van der Waals surface area contributed by atoms with Crippen LogP contribution >= 0.6 is 0 Å². The number of aliphatic carboxylic acids is 1. The van der Waals surface area contributed by atoms with Crippen LogP contribution in [0.25, 0.3) is 0 Å². The molecule has 6 nitrogen and oxygen atoms in total. The van der Waals surface area contributed by atoms with Crippen molar-refractivity contribution in [2.45, 2.75) is 32.4 Å². The van der Waals surface area contributed by atoms with Crippen molar-refractivity contribution < 1.29 is 19.1 Å².